The van der Waals surface area contributed by atoms with Crippen LogP contribution in [0.4, 0.5) is 4.39 Å². The van der Waals surface area contributed by atoms with Crippen LogP contribution in [0.1, 0.15) is 31.9 Å². The maximum absolute atomic E-state index is 15.0. The number of unbranched alkanes of at least 4 members (excludes halogenated alkanes) is 1. The van der Waals surface area contributed by atoms with Gasteiger partial charge in [0.25, 0.3) is 0 Å². The molecule has 2 aromatic rings. The van der Waals surface area contributed by atoms with Gasteiger partial charge in [-0.25, -0.2) is 4.39 Å². The van der Waals surface area contributed by atoms with Gasteiger partial charge in [-0.1, -0.05) is 25.5 Å². The van der Waals surface area contributed by atoms with Gasteiger partial charge in [0.1, 0.15) is 23.4 Å². The van der Waals surface area contributed by atoms with Crippen molar-refractivity contribution in [3.05, 3.63) is 53.8 Å². The summed E-state index contributed by atoms with van der Waals surface area (Å²) >= 11 is 0. The minimum Gasteiger partial charge on any atom is -0.494 e. The summed E-state index contributed by atoms with van der Waals surface area (Å²) < 4.78 is 26.4. The predicted molar refractivity (Wildman–Crippen MR) is 87.3 cm³/mol. The molecule has 4 heteroatoms. The van der Waals surface area contributed by atoms with E-state index in [-0.39, 0.29) is 12.2 Å². The fourth-order valence-corrected chi connectivity index (χ4v) is 2.55. The highest BCUT2D eigenvalue weighted by atomic mass is 19.1. The smallest absolute Gasteiger partial charge is 0.190 e. The van der Waals surface area contributed by atoms with Gasteiger partial charge in [0.05, 0.1) is 6.61 Å². The second-order valence-corrected chi connectivity index (χ2v) is 5.73. The van der Waals surface area contributed by atoms with Gasteiger partial charge >= 0.3 is 0 Å². The first kappa shape index (κ1) is 15.5. The average molecular weight is 314 g/mol. The molecule has 23 heavy (non-hydrogen) atoms. The molecule has 1 aromatic carbocycles. The van der Waals surface area contributed by atoms with Crippen molar-refractivity contribution < 1.29 is 18.3 Å². The van der Waals surface area contributed by atoms with E-state index in [1.54, 1.807) is 18.2 Å². The number of fused-ring (bicyclic) bond motifs is 1. The number of allylic oxidation sites excluding steroid dienone is 4. The number of ether oxygens (including phenoxy) is 1. The minimum absolute atomic E-state index is 0.0945. The highest BCUT2D eigenvalue weighted by Crippen LogP contribution is 2.38. The monoisotopic (exact) mass is 314 g/mol. The molecule has 0 N–H and O–H groups in total. The zero-order chi connectivity index (χ0) is 16.3. The van der Waals surface area contributed by atoms with Crippen LogP contribution < -0.4 is 4.74 Å². The first-order valence-electron chi connectivity index (χ1n) is 7.85. The molecule has 0 fully saturated rings. The number of hydrogen-bond donors (Lipinski definition) is 0. The molecule has 1 aliphatic carbocycles. The number of benzene rings is 1. The summed E-state index contributed by atoms with van der Waals surface area (Å²) in [5.74, 6) is 1.00. The number of carbonyl (C=O) groups is 1. The predicted octanol–water partition coefficient (Wildman–Crippen LogP) is 4.86. The van der Waals surface area contributed by atoms with E-state index in [9.17, 15) is 4.79 Å². The summed E-state index contributed by atoms with van der Waals surface area (Å²) in [7, 11) is 0. The van der Waals surface area contributed by atoms with Gasteiger partial charge < -0.3 is 9.15 Å². The molecule has 0 saturated carbocycles. The van der Waals surface area contributed by atoms with E-state index in [2.05, 4.69) is 6.92 Å². The third-order valence-corrected chi connectivity index (χ3v) is 3.97. The van der Waals surface area contributed by atoms with Crippen LogP contribution in [0.5, 0.6) is 5.75 Å². The number of halogens is 1. The van der Waals surface area contributed by atoms with Crippen molar-refractivity contribution in [2.75, 3.05) is 6.61 Å². The van der Waals surface area contributed by atoms with Gasteiger partial charge in [-0.3, -0.25) is 4.79 Å². The normalized spacial score (nSPS) is 20.5. The van der Waals surface area contributed by atoms with E-state index < -0.39 is 5.67 Å². The number of carbonyl (C=O) groups excluding carboxylic acids is 1. The maximum atomic E-state index is 15.0. The highest BCUT2D eigenvalue weighted by molar-refractivity contribution is 5.80. The van der Waals surface area contributed by atoms with Crippen molar-refractivity contribution in [3.63, 3.8) is 0 Å². The van der Waals surface area contributed by atoms with Gasteiger partial charge in [-0.2, -0.15) is 0 Å². The van der Waals surface area contributed by atoms with Gasteiger partial charge in [0.15, 0.2) is 5.67 Å². The molecule has 1 unspecified atom stereocenters. The topological polar surface area (TPSA) is 39.4 Å². The largest absolute Gasteiger partial charge is 0.494 e. The lowest BCUT2D eigenvalue weighted by atomic mass is 9.92. The molecule has 1 aliphatic rings. The molecule has 0 amide bonds. The van der Waals surface area contributed by atoms with Crippen molar-refractivity contribution in [2.24, 2.45) is 0 Å². The third-order valence-electron chi connectivity index (χ3n) is 3.97. The van der Waals surface area contributed by atoms with Crippen molar-refractivity contribution >= 4 is 17.3 Å². The Morgan fingerprint density at radius 3 is 2.96 bits per heavy atom. The summed E-state index contributed by atoms with van der Waals surface area (Å²) in [5, 5.41) is 0.810. The van der Waals surface area contributed by atoms with E-state index in [0.29, 0.717) is 24.0 Å². The lowest BCUT2D eigenvalue weighted by Gasteiger charge is -2.20. The summed E-state index contributed by atoms with van der Waals surface area (Å²) in [5.41, 5.74) is -0.603. The van der Waals surface area contributed by atoms with Crippen LogP contribution in [-0.4, -0.2) is 12.9 Å². The van der Waals surface area contributed by atoms with E-state index in [0.717, 1.165) is 24.0 Å². The Morgan fingerprint density at radius 2 is 2.26 bits per heavy atom. The van der Waals surface area contributed by atoms with Crippen molar-refractivity contribution in [1.82, 2.24) is 0 Å². The van der Waals surface area contributed by atoms with E-state index in [1.807, 2.05) is 12.1 Å². The van der Waals surface area contributed by atoms with Crippen LogP contribution in [0.2, 0.25) is 0 Å². The number of hydrogen-bond acceptors (Lipinski definition) is 3. The zero-order valence-electron chi connectivity index (χ0n) is 13.0. The van der Waals surface area contributed by atoms with Crippen LogP contribution in [0.25, 0.3) is 11.0 Å². The van der Waals surface area contributed by atoms with Crippen LogP contribution >= 0.6 is 0 Å². The van der Waals surface area contributed by atoms with Gasteiger partial charge in [-0.05, 0) is 36.8 Å². The third kappa shape index (κ3) is 3.21. The lowest BCUT2D eigenvalue weighted by molar-refractivity contribution is -0.104. The van der Waals surface area contributed by atoms with Gasteiger partial charge in [-0.15, -0.1) is 0 Å². The Balaban J connectivity index is 1.84. The fraction of sp³-hybridized carbons (Fsp3) is 0.316. The van der Waals surface area contributed by atoms with Crippen LogP contribution in [0, 0.1) is 0 Å². The standard InChI is InChI=1S/C19H19FO3/c1-2-3-10-22-16-4-5-17-15(11-16)12-18(23-17)19(20)8-6-14(13-21)7-9-19/h4-8,11-13H,2-3,9-10H2,1H3. The molecule has 3 rings (SSSR count). The van der Waals surface area contributed by atoms with Gasteiger partial charge in [0.2, 0.25) is 0 Å². The summed E-state index contributed by atoms with van der Waals surface area (Å²) in [6, 6.07) is 7.19. The quantitative estimate of drug-likeness (QED) is 0.564. The Bertz CT molecular complexity index is 772. The van der Waals surface area contributed by atoms with Crippen LogP contribution in [0.3, 0.4) is 0 Å². The lowest BCUT2D eigenvalue weighted by Crippen LogP contribution is -2.17. The Hall–Kier alpha value is -2.36. The summed E-state index contributed by atoms with van der Waals surface area (Å²) in [4.78, 5) is 10.7. The molecule has 0 radical (unpaired) electrons. The number of alkyl halides is 1. The number of rotatable bonds is 6. The number of aldehydes is 1. The SMILES string of the molecule is CCCCOc1ccc2oc(C3(F)C=CC(C=O)=CC3)cc2c1. The molecule has 0 saturated heterocycles. The van der Waals surface area contributed by atoms with E-state index >= 15 is 4.39 Å². The Kier molecular flexibility index (Phi) is 4.33. The maximum Gasteiger partial charge on any atom is 0.190 e. The second-order valence-electron chi connectivity index (χ2n) is 5.73. The average Bonchev–Trinajstić information content (AvgIpc) is 3.00. The van der Waals surface area contributed by atoms with Crippen molar-refractivity contribution in [3.8, 4) is 5.75 Å². The van der Waals surface area contributed by atoms with E-state index in [1.165, 1.54) is 12.2 Å². The van der Waals surface area contributed by atoms with E-state index in [4.69, 9.17) is 9.15 Å². The molecule has 0 spiro atoms. The molecule has 120 valence electrons. The molecule has 0 bridgehead atoms. The second kappa shape index (κ2) is 6.41. The fourth-order valence-electron chi connectivity index (χ4n) is 2.55. The minimum atomic E-state index is -1.71. The Morgan fingerprint density at radius 1 is 1.39 bits per heavy atom. The molecule has 0 aliphatic heterocycles. The van der Waals surface area contributed by atoms with Gasteiger partial charge in [0, 0.05) is 17.4 Å². The molecular formula is C19H19FO3. The zero-order valence-corrected chi connectivity index (χ0v) is 13.0. The summed E-state index contributed by atoms with van der Waals surface area (Å²) in [6.07, 6.45) is 7.34. The van der Waals surface area contributed by atoms with Crippen molar-refractivity contribution in [1.29, 1.82) is 0 Å². The highest BCUT2D eigenvalue weighted by Gasteiger charge is 2.33. The first-order chi connectivity index (χ1) is 11.1. The first-order valence-corrected chi connectivity index (χ1v) is 7.85. The van der Waals surface area contributed by atoms with Crippen LogP contribution in [-0.2, 0) is 10.5 Å². The Labute approximate surface area is 134 Å². The van der Waals surface area contributed by atoms with Crippen LogP contribution in [0.15, 0.2) is 52.5 Å². The molecule has 1 heterocycles. The molecular weight excluding hydrogens is 295 g/mol. The molecule has 3 nitrogen and oxygen atoms in total. The summed E-state index contributed by atoms with van der Waals surface area (Å²) in [6.45, 7) is 2.78. The molecule has 1 atom stereocenters. The van der Waals surface area contributed by atoms with Crippen molar-refractivity contribution in [2.45, 2.75) is 31.9 Å². The number of furan rings is 1. The molecule has 1 aromatic heterocycles.